The van der Waals surface area contributed by atoms with E-state index in [2.05, 4.69) is 29.3 Å². The minimum atomic E-state index is -0.498. The number of aromatic amines is 2. The zero-order valence-corrected chi connectivity index (χ0v) is 21.4. The lowest BCUT2D eigenvalue weighted by molar-refractivity contribution is 0.665. The molecule has 0 saturated carbocycles. The van der Waals surface area contributed by atoms with Crippen molar-refractivity contribution in [2.45, 2.75) is 34.6 Å². The third-order valence-corrected chi connectivity index (χ3v) is 3.35. The molecule has 0 atom stereocenters. The predicted molar refractivity (Wildman–Crippen MR) is 141 cm³/mol. The molecule has 10 heteroatoms. The number of hydrogen-bond acceptors (Lipinski definition) is 6. The average molecular weight is 485 g/mol. The van der Waals surface area contributed by atoms with Gasteiger partial charge in [0.1, 0.15) is 12.4 Å². The maximum atomic E-state index is 10.5. The van der Waals surface area contributed by atoms with Crippen molar-refractivity contribution in [2.24, 2.45) is 14.1 Å². The van der Waals surface area contributed by atoms with E-state index in [4.69, 9.17) is 0 Å². The Morgan fingerprint density at radius 2 is 0.857 bits per heavy atom. The van der Waals surface area contributed by atoms with Gasteiger partial charge in [0, 0.05) is 14.1 Å². The Morgan fingerprint density at radius 3 is 1.06 bits per heavy atom. The molecule has 4 rings (SSSR count). The lowest BCUT2D eigenvalue weighted by Gasteiger charge is -1.88. The van der Waals surface area contributed by atoms with Gasteiger partial charge in [0.25, 0.3) is 11.1 Å². The molecule has 2 aromatic heterocycles. The highest BCUT2D eigenvalue weighted by molar-refractivity contribution is 5.11. The van der Waals surface area contributed by atoms with Crippen LogP contribution in [-0.2, 0) is 14.1 Å². The number of aromatic nitrogens is 6. The fourth-order valence-electron chi connectivity index (χ4n) is 1.74. The molecule has 0 fully saturated rings. The Balaban J connectivity index is 0. The molecule has 0 unspecified atom stereocenters. The van der Waals surface area contributed by atoms with E-state index < -0.39 is 22.5 Å². The molecular weight excluding hydrogens is 448 g/mol. The summed E-state index contributed by atoms with van der Waals surface area (Å²) in [5.74, 6) is 0. The van der Waals surface area contributed by atoms with E-state index in [-0.39, 0.29) is 0 Å². The highest BCUT2D eigenvalue weighted by atomic mass is 16.2. The lowest BCUT2D eigenvalue weighted by atomic mass is 10.2. The molecular formula is C25H36N6O4. The first-order valence-corrected chi connectivity index (χ1v) is 11.1. The smallest absolute Gasteiger partial charge is 0.271 e. The first kappa shape index (κ1) is 32.8. The summed E-state index contributed by atoms with van der Waals surface area (Å²) in [5.41, 5.74) is -0.622. The van der Waals surface area contributed by atoms with Gasteiger partial charge in [-0.1, -0.05) is 100.0 Å². The largest absolute Gasteiger partial charge is 0.344 e. The summed E-state index contributed by atoms with van der Waals surface area (Å²) < 4.78 is 2.09. The van der Waals surface area contributed by atoms with Gasteiger partial charge in [0.2, 0.25) is 0 Å². The lowest BCUT2D eigenvalue weighted by Crippen LogP contribution is -2.29. The van der Waals surface area contributed by atoms with Gasteiger partial charge in [-0.2, -0.15) is 10.2 Å². The van der Waals surface area contributed by atoms with Crippen LogP contribution in [0.4, 0.5) is 0 Å². The van der Waals surface area contributed by atoms with Crippen molar-refractivity contribution in [3.8, 4) is 0 Å². The van der Waals surface area contributed by atoms with Crippen LogP contribution in [0.2, 0.25) is 0 Å². The molecule has 35 heavy (non-hydrogen) atoms. The zero-order valence-electron chi connectivity index (χ0n) is 21.4. The number of H-pyrrole nitrogens is 2. The van der Waals surface area contributed by atoms with Gasteiger partial charge >= 0.3 is 11.4 Å². The molecule has 0 aliphatic carbocycles. The van der Waals surface area contributed by atoms with Crippen molar-refractivity contribution >= 4 is 0 Å². The van der Waals surface area contributed by atoms with Crippen molar-refractivity contribution < 1.29 is 0 Å². The predicted octanol–water partition coefficient (Wildman–Crippen LogP) is 2.67. The highest BCUT2D eigenvalue weighted by Gasteiger charge is 1.87. The highest BCUT2D eigenvalue weighted by Crippen LogP contribution is 1.92. The van der Waals surface area contributed by atoms with Gasteiger partial charge in [0.15, 0.2) is 0 Å². The van der Waals surface area contributed by atoms with E-state index in [9.17, 15) is 19.2 Å². The van der Waals surface area contributed by atoms with E-state index in [0.717, 1.165) is 21.8 Å². The summed E-state index contributed by atoms with van der Waals surface area (Å²) in [5, 5.41) is 6.88. The van der Waals surface area contributed by atoms with Crippen LogP contribution in [0.15, 0.2) is 98.3 Å². The molecule has 0 amide bonds. The normalized spacial score (nSPS) is 8.31. The molecule has 2 heterocycles. The standard InChI is InChI=1S/C7H8.C6H6.2C4H5N3O2.2C2H6/c1-7-5-3-2-4-6-7;1-2-4-6-5-3-1;2*1-7-4(9)6-3(8)2-5-7;2*1-2/h2-6H,1H3;1-6H;2*2H,1H3,(H,6,8,9);2*1-2H3. The second-order valence-electron chi connectivity index (χ2n) is 5.93. The minimum absolute atomic E-state index is 0.474. The van der Waals surface area contributed by atoms with Crippen LogP contribution < -0.4 is 22.5 Å². The van der Waals surface area contributed by atoms with Crippen LogP contribution in [0, 0.1) is 6.92 Å². The third-order valence-electron chi connectivity index (χ3n) is 3.35. The van der Waals surface area contributed by atoms with Gasteiger partial charge in [-0.15, -0.1) is 0 Å². The summed E-state index contributed by atoms with van der Waals surface area (Å²) in [7, 11) is 2.91. The summed E-state index contributed by atoms with van der Waals surface area (Å²) in [4.78, 5) is 45.6. The van der Waals surface area contributed by atoms with Crippen LogP contribution >= 0.6 is 0 Å². The Hall–Kier alpha value is -4.34. The maximum Gasteiger partial charge on any atom is 0.344 e. The van der Waals surface area contributed by atoms with Gasteiger partial charge in [-0.25, -0.2) is 19.0 Å². The monoisotopic (exact) mass is 484 g/mol. The van der Waals surface area contributed by atoms with E-state index in [1.54, 1.807) is 0 Å². The molecule has 2 aromatic carbocycles. The topological polar surface area (TPSA) is 136 Å². The Bertz CT molecular complexity index is 1150. The van der Waals surface area contributed by atoms with Crippen LogP contribution in [0.3, 0.4) is 0 Å². The first-order chi connectivity index (χ1) is 16.8. The van der Waals surface area contributed by atoms with Crippen molar-refractivity contribution in [1.82, 2.24) is 29.5 Å². The van der Waals surface area contributed by atoms with Gasteiger partial charge in [0.05, 0.1) is 0 Å². The molecule has 0 aliphatic heterocycles. The molecule has 10 nitrogen and oxygen atoms in total. The van der Waals surface area contributed by atoms with Crippen molar-refractivity contribution in [2.75, 3.05) is 0 Å². The molecule has 4 aromatic rings. The van der Waals surface area contributed by atoms with Gasteiger partial charge in [-0.05, 0) is 6.92 Å². The van der Waals surface area contributed by atoms with Crippen molar-refractivity contribution in [3.63, 3.8) is 0 Å². The zero-order chi connectivity index (χ0) is 27.1. The van der Waals surface area contributed by atoms with E-state index in [1.807, 2.05) is 92.3 Å². The average Bonchev–Trinajstić information content (AvgIpc) is 2.89. The number of nitrogens with one attached hydrogen (secondary N) is 2. The second-order valence-corrected chi connectivity index (χ2v) is 5.93. The Morgan fingerprint density at radius 1 is 0.571 bits per heavy atom. The molecule has 2 N–H and O–H groups in total. The van der Waals surface area contributed by atoms with Crippen LogP contribution in [-0.4, -0.2) is 29.5 Å². The summed E-state index contributed by atoms with van der Waals surface area (Å²) >= 11 is 0. The SMILES string of the molecule is CC.CC.Cc1ccccc1.Cn1ncc(=O)[nH]c1=O.Cn1ncc(=O)[nH]c1=O.c1ccccc1. The molecule has 0 saturated heterocycles. The molecule has 0 radical (unpaired) electrons. The van der Waals surface area contributed by atoms with E-state index in [0.29, 0.717) is 0 Å². The quantitative estimate of drug-likeness (QED) is 0.394. The van der Waals surface area contributed by atoms with E-state index in [1.165, 1.54) is 19.7 Å². The molecule has 0 bridgehead atoms. The Kier molecular flexibility index (Phi) is 20.2. The van der Waals surface area contributed by atoms with E-state index >= 15 is 0 Å². The van der Waals surface area contributed by atoms with Gasteiger partial charge in [-0.3, -0.25) is 19.6 Å². The molecule has 190 valence electrons. The fraction of sp³-hybridized carbons (Fsp3) is 0.280. The molecule has 0 aliphatic rings. The van der Waals surface area contributed by atoms with Crippen LogP contribution in [0.5, 0.6) is 0 Å². The second kappa shape index (κ2) is 21.5. The summed E-state index contributed by atoms with van der Waals surface area (Å²) in [6, 6.07) is 22.3. The maximum absolute atomic E-state index is 10.5. The Labute approximate surface area is 205 Å². The fourth-order valence-corrected chi connectivity index (χ4v) is 1.74. The number of rotatable bonds is 0. The number of nitrogens with zero attached hydrogens (tertiary/aromatic N) is 4. The number of benzene rings is 2. The summed E-state index contributed by atoms with van der Waals surface area (Å²) in [6.07, 6.45) is 2.09. The molecule has 0 spiro atoms. The van der Waals surface area contributed by atoms with Crippen molar-refractivity contribution in [3.05, 3.63) is 126 Å². The van der Waals surface area contributed by atoms with Crippen LogP contribution in [0.25, 0.3) is 0 Å². The first-order valence-electron chi connectivity index (χ1n) is 11.1. The number of aryl methyl sites for hydroxylation is 3. The van der Waals surface area contributed by atoms with Gasteiger partial charge < -0.3 is 0 Å². The summed E-state index contributed by atoms with van der Waals surface area (Å²) in [6.45, 7) is 10.1. The minimum Gasteiger partial charge on any atom is -0.271 e. The van der Waals surface area contributed by atoms with Crippen LogP contribution in [0.1, 0.15) is 33.3 Å². The van der Waals surface area contributed by atoms with Crippen molar-refractivity contribution in [1.29, 1.82) is 0 Å². The number of hydrogen-bond donors (Lipinski definition) is 2. The third kappa shape index (κ3) is 17.8.